The normalized spacial score (nSPS) is 11.2. The van der Waals surface area contributed by atoms with Gasteiger partial charge in [0.25, 0.3) is 5.56 Å². The molecule has 0 atom stereocenters. The number of aromatic nitrogens is 3. The van der Waals surface area contributed by atoms with Crippen molar-refractivity contribution in [2.75, 3.05) is 0 Å². The number of nitrogens with one attached hydrogen (secondary N) is 2. The summed E-state index contributed by atoms with van der Waals surface area (Å²) in [6.45, 7) is 0.154. The molecule has 9 heteroatoms. The van der Waals surface area contributed by atoms with Gasteiger partial charge in [0.2, 0.25) is 10.9 Å². The Morgan fingerprint density at radius 2 is 2.07 bits per heavy atom. The maximum Gasteiger partial charge on any atom is 0.274 e. The van der Waals surface area contributed by atoms with Gasteiger partial charge in [0, 0.05) is 48.7 Å². The number of nitrogens with zero attached hydrogens (tertiary/aromatic N) is 2. The van der Waals surface area contributed by atoms with E-state index < -0.39 is 10.9 Å². The van der Waals surface area contributed by atoms with Gasteiger partial charge in [0.15, 0.2) is 0 Å². The average Bonchev–Trinajstić information content (AvgIpc) is 3.21. The molecule has 0 spiro atoms. The molecule has 4 aromatic rings. The first-order valence-electron chi connectivity index (χ1n) is 8.79. The number of H-pyrrole nitrogens is 1. The average molecular weight is 410 g/mol. The summed E-state index contributed by atoms with van der Waals surface area (Å²) in [5, 5.41) is 0.754. The Labute approximate surface area is 167 Å². The Hall–Kier alpha value is -3.43. The standard InChI is InChI=1S/C20H18N4O4S/c1-24-12-17(15-6-8-22-19(15)20(24)25)16-9-13(10-23-29(26)27)4-5-18(16)28-14-3-2-7-21-11-14/h2-9,11-12,22,29H,10H2,1H3,(H,23,26,27). The molecule has 0 aliphatic rings. The summed E-state index contributed by atoms with van der Waals surface area (Å²) in [7, 11) is -1.02. The molecule has 29 heavy (non-hydrogen) atoms. The highest BCUT2D eigenvalue weighted by Crippen LogP contribution is 2.37. The van der Waals surface area contributed by atoms with E-state index in [4.69, 9.17) is 4.74 Å². The van der Waals surface area contributed by atoms with E-state index in [0.29, 0.717) is 17.0 Å². The third kappa shape index (κ3) is 3.91. The Bertz CT molecular complexity index is 1300. The molecule has 3 aromatic heterocycles. The minimum Gasteiger partial charge on any atom is -0.455 e. The van der Waals surface area contributed by atoms with Gasteiger partial charge in [-0.05, 0) is 35.9 Å². The molecule has 4 rings (SSSR count). The van der Waals surface area contributed by atoms with Crippen LogP contribution in [0.1, 0.15) is 5.56 Å². The summed E-state index contributed by atoms with van der Waals surface area (Å²) in [5.41, 5.74) is 2.63. The zero-order valence-corrected chi connectivity index (χ0v) is 16.3. The minimum atomic E-state index is -2.71. The quantitative estimate of drug-likeness (QED) is 0.423. The SMILES string of the molecule is Cn1cc(-c2cc(CN[SH](=O)=O)ccc2Oc2cccnc2)c2cc[nH]c2c1=O. The summed E-state index contributed by atoms with van der Waals surface area (Å²) in [5.74, 6) is 1.13. The van der Waals surface area contributed by atoms with Crippen molar-refractivity contribution in [3.05, 3.63) is 77.1 Å². The van der Waals surface area contributed by atoms with Crippen LogP contribution in [0.15, 0.2) is 66.0 Å². The van der Waals surface area contributed by atoms with E-state index in [0.717, 1.165) is 22.1 Å². The van der Waals surface area contributed by atoms with Gasteiger partial charge >= 0.3 is 0 Å². The number of pyridine rings is 2. The topological polar surface area (TPSA) is 106 Å². The predicted octanol–water partition coefficient (Wildman–Crippen LogP) is 2.34. The van der Waals surface area contributed by atoms with Crippen molar-refractivity contribution in [3.8, 4) is 22.6 Å². The van der Waals surface area contributed by atoms with Crippen molar-refractivity contribution in [2.45, 2.75) is 6.54 Å². The van der Waals surface area contributed by atoms with Crippen LogP contribution in [-0.2, 0) is 24.5 Å². The first-order chi connectivity index (χ1) is 14.0. The van der Waals surface area contributed by atoms with Gasteiger partial charge in [-0.3, -0.25) is 9.78 Å². The van der Waals surface area contributed by atoms with E-state index in [1.807, 2.05) is 12.1 Å². The largest absolute Gasteiger partial charge is 0.455 e. The monoisotopic (exact) mass is 410 g/mol. The van der Waals surface area contributed by atoms with Gasteiger partial charge in [0.1, 0.15) is 17.0 Å². The van der Waals surface area contributed by atoms with Crippen molar-refractivity contribution in [3.63, 3.8) is 0 Å². The lowest BCUT2D eigenvalue weighted by Crippen LogP contribution is -2.16. The molecule has 3 heterocycles. The highest BCUT2D eigenvalue weighted by atomic mass is 32.2. The zero-order valence-electron chi connectivity index (χ0n) is 15.5. The fourth-order valence-electron chi connectivity index (χ4n) is 3.16. The molecule has 0 saturated heterocycles. The summed E-state index contributed by atoms with van der Waals surface area (Å²) in [4.78, 5) is 19.5. The van der Waals surface area contributed by atoms with Crippen LogP contribution in [0.3, 0.4) is 0 Å². The highest BCUT2D eigenvalue weighted by Gasteiger charge is 2.15. The summed E-state index contributed by atoms with van der Waals surface area (Å²) >= 11 is 0. The van der Waals surface area contributed by atoms with Crippen LogP contribution in [0, 0.1) is 0 Å². The summed E-state index contributed by atoms with van der Waals surface area (Å²) in [6, 6.07) is 10.8. The molecule has 1 aromatic carbocycles. The Morgan fingerprint density at radius 1 is 1.21 bits per heavy atom. The van der Waals surface area contributed by atoms with Gasteiger partial charge in [-0.25, -0.2) is 13.1 Å². The van der Waals surface area contributed by atoms with Crippen LogP contribution in [0.5, 0.6) is 11.5 Å². The lowest BCUT2D eigenvalue weighted by Gasteiger charge is -2.15. The van der Waals surface area contributed by atoms with Gasteiger partial charge < -0.3 is 14.3 Å². The van der Waals surface area contributed by atoms with Crippen LogP contribution in [0.2, 0.25) is 0 Å². The van der Waals surface area contributed by atoms with Crippen molar-refractivity contribution >= 4 is 21.8 Å². The highest BCUT2D eigenvalue weighted by molar-refractivity contribution is 7.70. The number of rotatable bonds is 6. The molecule has 0 aliphatic carbocycles. The molecule has 0 aliphatic heterocycles. The smallest absolute Gasteiger partial charge is 0.274 e. The Kier molecular flexibility index (Phi) is 5.15. The van der Waals surface area contributed by atoms with E-state index in [9.17, 15) is 13.2 Å². The number of aryl methyl sites for hydroxylation is 1. The van der Waals surface area contributed by atoms with Crippen LogP contribution in [-0.4, -0.2) is 23.0 Å². The maximum atomic E-state index is 12.4. The Balaban J connectivity index is 1.89. The molecule has 0 unspecified atom stereocenters. The molecular weight excluding hydrogens is 392 g/mol. The van der Waals surface area contributed by atoms with Crippen LogP contribution >= 0.6 is 0 Å². The molecule has 0 fully saturated rings. The van der Waals surface area contributed by atoms with E-state index in [2.05, 4.69) is 14.7 Å². The second-order valence-electron chi connectivity index (χ2n) is 6.44. The lowest BCUT2D eigenvalue weighted by molar-refractivity contribution is 0.482. The number of aromatic amines is 1. The van der Waals surface area contributed by atoms with Crippen LogP contribution < -0.4 is 15.0 Å². The Morgan fingerprint density at radius 3 is 2.83 bits per heavy atom. The fourth-order valence-corrected chi connectivity index (χ4v) is 3.47. The second-order valence-corrected chi connectivity index (χ2v) is 7.27. The number of thiol groups is 1. The number of hydrogen-bond donors (Lipinski definition) is 3. The molecule has 8 nitrogen and oxygen atoms in total. The minimum absolute atomic E-state index is 0.135. The molecular formula is C20H18N4O4S. The first-order valence-corrected chi connectivity index (χ1v) is 9.96. The van der Waals surface area contributed by atoms with Gasteiger partial charge in [-0.15, -0.1) is 0 Å². The summed E-state index contributed by atoms with van der Waals surface area (Å²) in [6.07, 6.45) is 6.72. The molecule has 148 valence electrons. The third-order valence-corrected chi connectivity index (χ3v) is 4.92. The van der Waals surface area contributed by atoms with Crippen molar-refractivity contribution in [2.24, 2.45) is 7.05 Å². The fraction of sp³-hybridized carbons (Fsp3) is 0.100. The van der Waals surface area contributed by atoms with Gasteiger partial charge in [0.05, 0.1) is 6.20 Å². The molecule has 0 amide bonds. The second kappa shape index (κ2) is 7.90. The van der Waals surface area contributed by atoms with E-state index >= 15 is 0 Å². The molecule has 0 saturated carbocycles. The first kappa shape index (κ1) is 18.9. The van der Waals surface area contributed by atoms with E-state index in [1.54, 1.807) is 56.1 Å². The van der Waals surface area contributed by atoms with Crippen LogP contribution in [0.25, 0.3) is 22.0 Å². The number of fused-ring (bicyclic) bond motifs is 1. The van der Waals surface area contributed by atoms with E-state index in [-0.39, 0.29) is 12.1 Å². The van der Waals surface area contributed by atoms with Crippen molar-refractivity contribution < 1.29 is 13.2 Å². The maximum absolute atomic E-state index is 12.4. The van der Waals surface area contributed by atoms with Gasteiger partial charge in [-0.1, -0.05) is 6.07 Å². The predicted molar refractivity (Wildman–Crippen MR) is 110 cm³/mol. The number of ether oxygens (including phenoxy) is 1. The van der Waals surface area contributed by atoms with E-state index in [1.165, 1.54) is 4.57 Å². The van der Waals surface area contributed by atoms with Gasteiger partial charge in [-0.2, -0.15) is 0 Å². The van der Waals surface area contributed by atoms with Crippen molar-refractivity contribution in [1.29, 1.82) is 0 Å². The number of benzene rings is 1. The van der Waals surface area contributed by atoms with Crippen LogP contribution in [0.4, 0.5) is 0 Å². The van der Waals surface area contributed by atoms with Crippen molar-refractivity contribution in [1.82, 2.24) is 19.3 Å². The lowest BCUT2D eigenvalue weighted by atomic mass is 10.0. The molecule has 0 bridgehead atoms. The zero-order chi connectivity index (χ0) is 20.4. The molecule has 0 radical (unpaired) electrons. The third-order valence-electron chi connectivity index (χ3n) is 4.50. The molecule has 2 N–H and O–H groups in total. The number of hydrogen-bond acceptors (Lipinski definition) is 5. The summed E-state index contributed by atoms with van der Waals surface area (Å²) < 4.78 is 31.8.